The average Bonchev–Trinajstić information content (AvgIpc) is 2.48. The topological polar surface area (TPSA) is 117 Å². The second-order valence-electron chi connectivity index (χ2n) is 5.81. The molecule has 9 nitrogen and oxygen atoms in total. The molecule has 1 heterocycles. The highest BCUT2D eigenvalue weighted by atomic mass is 16.6. The molecule has 9 heteroatoms. The first-order valence-corrected chi connectivity index (χ1v) is 8.06. The van der Waals surface area contributed by atoms with E-state index in [-0.39, 0.29) is 12.6 Å². The van der Waals surface area contributed by atoms with Crippen molar-refractivity contribution in [1.29, 1.82) is 0 Å². The van der Waals surface area contributed by atoms with Crippen molar-refractivity contribution in [3.05, 3.63) is 0 Å². The van der Waals surface area contributed by atoms with Crippen molar-refractivity contribution in [2.24, 2.45) is 0 Å². The maximum absolute atomic E-state index is 11.5. The van der Waals surface area contributed by atoms with E-state index in [9.17, 15) is 19.2 Å². The molecule has 0 saturated carbocycles. The molecular formula is C16H25NO8. The maximum Gasteiger partial charge on any atom is 0.303 e. The molecule has 5 atom stereocenters. The zero-order valence-electron chi connectivity index (χ0n) is 15.1. The summed E-state index contributed by atoms with van der Waals surface area (Å²) in [7, 11) is 0. The van der Waals surface area contributed by atoms with Crippen LogP contribution in [0.3, 0.4) is 0 Å². The molecule has 1 aliphatic rings. The van der Waals surface area contributed by atoms with Crippen LogP contribution in [-0.2, 0) is 38.1 Å². The summed E-state index contributed by atoms with van der Waals surface area (Å²) in [6, 6.07) is -0.991. The molecule has 0 aromatic carbocycles. The minimum Gasteiger partial charge on any atom is -0.464 e. The van der Waals surface area contributed by atoms with Crippen molar-refractivity contribution in [3.8, 4) is 0 Å². The van der Waals surface area contributed by atoms with E-state index in [1.807, 2.05) is 6.92 Å². The van der Waals surface area contributed by atoms with Gasteiger partial charge in [0.25, 0.3) is 0 Å². The van der Waals surface area contributed by atoms with E-state index < -0.39 is 48.2 Å². The van der Waals surface area contributed by atoms with Crippen molar-refractivity contribution in [3.63, 3.8) is 0 Å². The standard InChI is InChI=1S/C16H25NO8/c1-6-12-14(23-9(3)19)16(25-11(5)21)15(24-10(4)20)13(17-12)7-22-8(2)18/h12-17H,6-7H2,1-5H3/t12-,13+,14-,15+,16-/m0/s1. The number of hydrogen-bond donors (Lipinski definition) is 1. The van der Waals surface area contributed by atoms with Gasteiger partial charge >= 0.3 is 23.9 Å². The van der Waals surface area contributed by atoms with Crippen molar-refractivity contribution < 1.29 is 38.1 Å². The summed E-state index contributed by atoms with van der Waals surface area (Å²) >= 11 is 0. The summed E-state index contributed by atoms with van der Waals surface area (Å²) in [5, 5.41) is 3.15. The number of nitrogens with one attached hydrogen (secondary N) is 1. The van der Waals surface area contributed by atoms with Crippen molar-refractivity contribution in [1.82, 2.24) is 5.32 Å². The molecule has 1 saturated heterocycles. The molecule has 0 radical (unpaired) electrons. The molecule has 142 valence electrons. The predicted molar refractivity (Wildman–Crippen MR) is 84.3 cm³/mol. The molecule has 0 unspecified atom stereocenters. The quantitative estimate of drug-likeness (QED) is 0.520. The Morgan fingerprint density at radius 2 is 1.16 bits per heavy atom. The molecule has 0 aromatic heterocycles. The number of esters is 4. The van der Waals surface area contributed by atoms with Crippen molar-refractivity contribution in [2.75, 3.05) is 6.61 Å². The molecule has 0 aromatic rings. The predicted octanol–water partition coefficient (Wildman–Crippen LogP) is 0.0950. The minimum atomic E-state index is -1.02. The molecule has 1 fully saturated rings. The lowest BCUT2D eigenvalue weighted by Crippen LogP contribution is -2.68. The number of carbonyl (C=O) groups excluding carboxylic acids is 4. The molecule has 25 heavy (non-hydrogen) atoms. The normalized spacial score (nSPS) is 28.6. The van der Waals surface area contributed by atoms with Gasteiger partial charge in [0.05, 0.1) is 6.04 Å². The van der Waals surface area contributed by atoms with Crippen LogP contribution in [-0.4, -0.2) is 60.9 Å². The second kappa shape index (κ2) is 9.36. The monoisotopic (exact) mass is 359 g/mol. The first-order chi connectivity index (χ1) is 11.6. The van der Waals surface area contributed by atoms with Gasteiger partial charge in [-0.15, -0.1) is 0 Å². The molecule has 1 rings (SSSR count). The third-order valence-electron chi connectivity index (χ3n) is 3.68. The van der Waals surface area contributed by atoms with E-state index in [0.717, 1.165) is 0 Å². The average molecular weight is 359 g/mol. The van der Waals surface area contributed by atoms with E-state index >= 15 is 0 Å². The zero-order valence-corrected chi connectivity index (χ0v) is 15.1. The van der Waals surface area contributed by atoms with Gasteiger partial charge in [-0.3, -0.25) is 19.2 Å². The van der Waals surface area contributed by atoms with Crippen molar-refractivity contribution >= 4 is 23.9 Å². The van der Waals surface area contributed by atoms with Gasteiger partial charge in [0.2, 0.25) is 0 Å². The van der Waals surface area contributed by atoms with Gasteiger partial charge < -0.3 is 24.3 Å². The van der Waals surface area contributed by atoms with Crippen LogP contribution in [0.15, 0.2) is 0 Å². The van der Waals surface area contributed by atoms with Gasteiger partial charge in [-0.05, 0) is 6.42 Å². The third kappa shape index (κ3) is 6.33. The number of piperidine rings is 1. The van der Waals surface area contributed by atoms with Crippen LogP contribution in [0.25, 0.3) is 0 Å². The van der Waals surface area contributed by atoms with Gasteiger partial charge in [-0.2, -0.15) is 0 Å². The van der Waals surface area contributed by atoms with Crippen LogP contribution in [0, 0.1) is 0 Å². The maximum atomic E-state index is 11.5. The van der Waals surface area contributed by atoms with Gasteiger partial charge in [0.1, 0.15) is 6.61 Å². The fourth-order valence-electron chi connectivity index (χ4n) is 2.82. The SMILES string of the molecule is CC[C@@H]1N[C@H](COC(C)=O)[C@@H](OC(C)=O)[C@@H](OC(C)=O)[C@H]1OC(C)=O. The van der Waals surface area contributed by atoms with Gasteiger partial charge in [0.15, 0.2) is 18.3 Å². The molecule has 0 spiro atoms. The van der Waals surface area contributed by atoms with Gasteiger partial charge in [-0.1, -0.05) is 6.92 Å². The smallest absolute Gasteiger partial charge is 0.303 e. The second-order valence-corrected chi connectivity index (χ2v) is 5.81. The molecule has 0 aliphatic carbocycles. The largest absolute Gasteiger partial charge is 0.464 e. The van der Waals surface area contributed by atoms with Crippen LogP contribution in [0.4, 0.5) is 0 Å². The first kappa shape index (κ1) is 20.9. The molecular weight excluding hydrogens is 334 g/mol. The van der Waals surface area contributed by atoms with E-state index in [4.69, 9.17) is 18.9 Å². The van der Waals surface area contributed by atoms with Gasteiger partial charge in [0, 0.05) is 33.7 Å². The summed E-state index contributed by atoms with van der Waals surface area (Å²) in [5.41, 5.74) is 0. The first-order valence-electron chi connectivity index (χ1n) is 8.06. The number of carbonyl (C=O) groups is 4. The summed E-state index contributed by atoms with van der Waals surface area (Å²) in [6.07, 6.45) is -2.30. The highest BCUT2D eigenvalue weighted by Crippen LogP contribution is 2.26. The fraction of sp³-hybridized carbons (Fsp3) is 0.750. The Labute approximate surface area is 146 Å². The Morgan fingerprint density at radius 1 is 0.720 bits per heavy atom. The Kier molecular flexibility index (Phi) is 7.82. The molecule has 1 aliphatic heterocycles. The van der Waals surface area contributed by atoms with E-state index in [2.05, 4.69) is 5.32 Å². The Balaban J connectivity index is 3.18. The highest BCUT2D eigenvalue weighted by Gasteiger charge is 2.50. The summed E-state index contributed by atoms with van der Waals surface area (Å²) in [4.78, 5) is 45.6. The van der Waals surface area contributed by atoms with Crippen LogP contribution in [0.2, 0.25) is 0 Å². The lowest BCUT2D eigenvalue weighted by molar-refractivity contribution is -0.199. The van der Waals surface area contributed by atoms with E-state index in [1.165, 1.54) is 27.7 Å². The summed E-state index contributed by atoms with van der Waals surface area (Å²) < 4.78 is 20.9. The fourth-order valence-corrected chi connectivity index (χ4v) is 2.82. The lowest BCUT2D eigenvalue weighted by Gasteiger charge is -2.45. The van der Waals surface area contributed by atoms with Crippen LogP contribution in [0.5, 0.6) is 0 Å². The van der Waals surface area contributed by atoms with Gasteiger partial charge in [-0.25, -0.2) is 0 Å². The highest BCUT2D eigenvalue weighted by molar-refractivity contribution is 5.68. The minimum absolute atomic E-state index is 0.0890. The zero-order chi connectivity index (χ0) is 19.1. The van der Waals surface area contributed by atoms with Crippen LogP contribution >= 0.6 is 0 Å². The molecule has 0 bridgehead atoms. The Bertz CT molecular complexity index is 520. The molecule has 0 amide bonds. The van der Waals surface area contributed by atoms with Crippen LogP contribution < -0.4 is 5.32 Å². The van der Waals surface area contributed by atoms with Crippen molar-refractivity contribution in [2.45, 2.75) is 71.4 Å². The number of hydrogen-bond acceptors (Lipinski definition) is 9. The Hall–Kier alpha value is -2.16. The third-order valence-corrected chi connectivity index (χ3v) is 3.68. The number of rotatable bonds is 6. The van der Waals surface area contributed by atoms with E-state index in [0.29, 0.717) is 6.42 Å². The number of ether oxygens (including phenoxy) is 4. The Morgan fingerprint density at radius 3 is 1.56 bits per heavy atom. The summed E-state index contributed by atoms with van der Waals surface area (Å²) in [5.74, 6) is -2.26. The van der Waals surface area contributed by atoms with Crippen LogP contribution in [0.1, 0.15) is 41.0 Å². The summed E-state index contributed by atoms with van der Waals surface area (Å²) in [6.45, 7) is 6.68. The lowest BCUT2D eigenvalue weighted by atomic mass is 9.88. The van der Waals surface area contributed by atoms with E-state index in [1.54, 1.807) is 0 Å². The molecule has 1 N–H and O–H groups in total.